The summed E-state index contributed by atoms with van der Waals surface area (Å²) < 4.78 is 10.5. The van der Waals surface area contributed by atoms with E-state index in [2.05, 4.69) is 4.74 Å². The van der Waals surface area contributed by atoms with Gasteiger partial charge in [-0.2, -0.15) is 0 Å². The van der Waals surface area contributed by atoms with Gasteiger partial charge in [0, 0.05) is 0 Å². The summed E-state index contributed by atoms with van der Waals surface area (Å²) in [4.78, 5) is 22.6. The number of hydrogen-bond acceptors (Lipinski definition) is 4. The summed E-state index contributed by atoms with van der Waals surface area (Å²) in [5.74, 6) is 0.109. The molecule has 0 aliphatic rings. The van der Waals surface area contributed by atoms with Gasteiger partial charge in [0.1, 0.15) is 5.75 Å². The lowest BCUT2D eigenvalue weighted by Crippen LogP contribution is -2.30. The minimum atomic E-state index is -1.81. The average molecular weight is 266 g/mol. The van der Waals surface area contributed by atoms with E-state index in [9.17, 15) is 9.59 Å². The number of aldehydes is 1. The zero-order chi connectivity index (χ0) is 13.9. The molecule has 1 rings (SSSR count). The summed E-state index contributed by atoms with van der Waals surface area (Å²) in [6.07, 6.45) is 0.703. The third kappa shape index (κ3) is 3.43. The third-order valence-corrected chi connectivity index (χ3v) is 3.08. The topological polar surface area (TPSA) is 52.6 Å². The smallest absolute Gasteiger partial charge is 0.337 e. The van der Waals surface area contributed by atoms with Crippen molar-refractivity contribution >= 4 is 20.6 Å². The predicted octanol–water partition coefficient (Wildman–Crippen LogP) is 2.81. The second-order valence-electron chi connectivity index (χ2n) is 5.04. The van der Waals surface area contributed by atoms with Crippen molar-refractivity contribution in [3.63, 3.8) is 0 Å². The Morgan fingerprint density at radius 1 is 1.28 bits per heavy atom. The molecule has 0 unspecified atom stereocenters. The highest BCUT2D eigenvalue weighted by atomic mass is 28.4. The maximum atomic E-state index is 11.5. The van der Waals surface area contributed by atoms with Crippen molar-refractivity contribution in [3.05, 3.63) is 28.8 Å². The first-order chi connectivity index (χ1) is 8.28. The highest BCUT2D eigenvalue weighted by Crippen LogP contribution is 2.27. The fourth-order valence-electron chi connectivity index (χ4n) is 1.57. The van der Waals surface area contributed by atoms with Crippen molar-refractivity contribution in [2.45, 2.75) is 26.6 Å². The fourth-order valence-corrected chi connectivity index (χ4v) is 2.46. The van der Waals surface area contributed by atoms with Gasteiger partial charge in [-0.1, -0.05) is 0 Å². The second kappa shape index (κ2) is 5.35. The van der Waals surface area contributed by atoms with Crippen LogP contribution in [0.15, 0.2) is 12.1 Å². The van der Waals surface area contributed by atoms with Crippen LogP contribution in [0.1, 0.15) is 26.3 Å². The molecule has 5 heteroatoms. The molecule has 1 aromatic rings. The molecule has 0 atom stereocenters. The van der Waals surface area contributed by atoms with Gasteiger partial charge >= 0.3 is 5.97 Å². The molecule has 18 heavy (non-hydrogen) atoms. The molecule has 0 saturated carbocycles. The molecule has 0 fully saturated rings. The summed E-state index contributed by atoms with van der Waals surface area (Å²) in [6.45, 7) is 7.93. The van der Waals surface area contributed by atoms with Crippen molar-refractivity contribution in [1.29, 1.82) is 0 Å². The number of methoxy groups -OCH3 is 1. The molecule has 0 bridgehead atoms. The van der Waals surface area contributed by atoms with E-state index in [1.807, 2.05) is 26.6 Å². The SMILES string of the molecule is COC(=O)c1cc(C)c(O[Si](C)(C)C)c(C=O)c1. The largest absolute Gasteiger partial charge is 0.544 e. The van der Waals surface area contributed by atoms with Gasteiger partial charge in [0.15, 0.2) is 6.29 Å². The molecule has 0 heterocycles. The zero-order valence-corrected chi connectivity index (χ0v) is 12.4. The maximum absolute atomic E-state index is 11.5. The van der Waals surface area contributed by atoms with Crippen LogP contribution < -0.4 is 4.43 Å². The summed E-state index contributed by atoms with van der Waals surface area (Å²) >= 11 is 0. The first kappa shape index (κ1) is 14.4. The Balaban J connectivity index is 3.29. The van der Waals surface area contributed by atoms with Crippen LogP contribution in [0.3, 0.4) is 0 Å². The molecule has 0 aromatic heterocycles. The average Bonchev–Trinajstić information content (AvgIpc) is 2.28. The monoisotopic (exact) mass is 266 g/mol. The predicted molar refractivity (Wildman–Crippen MR) is 71.9 cm³/mol. The molecular weight excluding hydrogens is 248 g/mol. The van der Waals surface area contributed by atoms with Crippen LogP contribution in [0.5, 0.6) is 5.75 Å². The number of carbonyl (C=O) groups is 2. The van der Waals surface area contributed by atoms with Gasteiger partial charge in [-0.15, -0.1) is 0 Å². The Morgan fingerprint density at radius 3 is 2.33 bits per heavy atom. The minimum absolute atomic E-state index is 0.361. The van der Waals surface area contributed by atoms with E-state index in [-0.39, 0.29) is 0 Å². The zero-order valence-electron chi connectivity index (χ0n) is 11.4. The van der Waals surface area contributed by atoms with Crippen LogP contribution in [0, 0.1) is 6.92 Å². The highest BCUT2D eigenvalue weighted by Gasteiger charge is 2.21. The van der Waals surface area contributed by atoms with E-state index in [4.69, 9.17) is 4.43 Å². The Morgan fingerprint density at radius 2 is 1.89 bits per heavy atom. The van der Waals surface area contributed by atoms with E-state index >= 15 is 0 Å². The molecule has 98 valence electrons. The summed E-state index contributed by atoms with van der Waals surface area (Å²) in [5, 5.41) is 0. The van der Waals surface area contributed by atoms with Crippen LogP contribution in [-0.2, 0) is 4.74 Å². The van der Waals surface area contributed by atoms with Gasteiger partial charge < -0.3 is 9.16 Å². The molecular formula is C13H18O4Si. The maximum Gasteiger partial charge on any atom is 0.337 e. The third-order valence-electron chi connectivity index (χ3n) is 2.26. The van der Waals surface area contributed by atoms with Crippen LogP contribution in [0.2, 0.25) is 19.6 Å². The van der Waals surface area contributed by atoms with Crippen molar-refractivity contribution in [3.8, 4) is 5.75 Å². The number of esters is 1. The van der Waals surface area contributed by atoms with Gasteiger partial charge in [-0.05, 0) is 44.3 Å². The molecule has 4 nitrogen and oxygen atoms in total. The van der Waals surface area contributed by atoms with Gasteiger partial charge in [0.25, 0.3) is 0 Å². The van der Waals surface area contributed by atoms with E-state index in [0.717, 1.165) is 5.56 Å². The second-order valence-corrected chi connectivity index (χ2v) is 9.46. The number of hydrogen-bond donors (Lipinski definition) is 0. The van der Waals surface area contributed by atoms with Gasteiger partial charge in [0.05, 0.1) is 18.2 Å². The first-order valence-corrected chi connectivity index (χ1v) is 9.06. The molecule has 1 aromatic carbocycles. The Labute approximate surface area is 108 Å². The van der Waals surface area contributed by atoms with Gasteiger partial charge in [0.2, 0.25) is 8.32 Å². The number of carbonyl (C=O) groups excluding carboxylic acids is 2. The molecule has 0 spiro atoms. The summed E-state index contributed by atoms with van der Waals surface area (Å²) in [6, 6.07) is 3.18. The Hall–Kier alpha value is -1.62. The van der Waals surface area contributed by atoms with Gasteiger partial charge in [-0.25, -0.2) is 4.79 Å². The molecule has 0 radical (unpaired) electrons. The number of aryl methyl sites for hydroxylation is 1. The molecule has 0 aliphatic heterocycles. The quantitative estimate of drug-likeness (QED) is 0.478. The summed E-state index contributed by atoms with van der Waals surface area (Å²) in [5.41, 5.74) is 1.51. The van der Waals surface area contributed by atoms with Crippen molar-refractivity contribution < 1.29 is 18.8 Å². The summed E-state index contributed by atoms with van der Waals surface area (Å²) in [7, 11) is -0.495. The fraction of sp³-hybridized carbons (Fsp3) is 0.385. The standard InChI is InChI=1S/C13H18O4Si/c1-9-6-10(13(15)16-2)7-11(8-14)12(9)17-18(3,4)5/h6-8H,1-5H3. The van der Waals surface area contributed by atoms with E-state index < -0.39 is 14.3 Å². The first-order valence-electron chi connectivity index (χ1n) is 5.65. The number of ether oxygens (including phenoxy) is 1. The molecule has 0 amide bonds. The Kier molecular flexibility index (Phi) is 4.29. The van der Waals surface area contributed by atoms with E-state index in [0.29, 0.717) is 23.2 Å². The number of benzene rings is 1. The van der Waals surface area contributed by atoms with Crippen molar-refractivity contribution in [2.24, 2.45) is 0 Å². The van der Waals surface area contributed by atoms with Crippen molar-refractivity contribution in [1.82, 2.24) is 0 Å². The molecule has 0 aliphatic carbocycles. The Bertz CT molecular complexity index is 475. The number of rotatable bonds is 4. The molecule has 0 saturated heterocycles. The van der Waals surface area contributed by atoms with E-state index in [1.54, 1.807) is 6.07 Å². The van der Waals surface area contributed by atoms with Crippen LogP contribution in [0.25, 0.3) is 0 Å². The lowest BCUT2D eigenvalue weighted by atomic mass is 10.1. The lowest BCUT2D eigenvalue weighted by Gasteiger charge is -2.22. The minimum Gasteiger partial charge on any atom is -0.544 e. The van der Waals surface area contributed by atoms with Crippen LogP contribution in [-0.4, -0.2) is 27.7 Å². The normalized spacial score (nSPS) is 10.9. The van der Waals surface area contributed by atoms with Crippen LogP contribution in [0.4, 0.5) is 0 Å². The van der Waals surface area contributed by atoms with Crippen LogP contribution >= 0.6 is 0 Å². The lowest BCUT2D eigenvalue weighted by molar-refractivity contribution is 0.0600. The van der Waals surface area contributed by atoms with Crippen molar-refractivity contribution in [2.75, 3.05) is 7.11 Å². The highest BCUT2D eigenvalue weighted by molar-refractivity contribution is 6.70. The molecule has 0 N–H and O–H groups in total. The van der Waals surface area contributed by atoms with E-state index in [1.165, 1.54) is 13.2 Å². The van der Waals surface area contributed by atoms with Gasteiger partial charge in [-0.3, -0.25) is 4.79 Å².